The molecule has 0 aromatic rings. The lowest BCUT2D eigenvalue weighted by atomic mass is 9.65. The van der Waals surface area contributed by atoms with E-state index in [0.717, 1.165) is 38.0 Å². The maximum Gasteiger partial charge on any atom is 0.101 e. The molecular weight excluding hydrogens is 336 g/mol. The smallest absolute Gasteiger partial charge is 0.101 e. The third kappa shape index (κ3) is 5.26. The lowest BCUT2D eigenvalue weighted by Gasteiger charge is -2.44. The van der Waals surface area contributed by atoms with Crippen LogP contribution in [0.2, 0.25) is 0 Å². The van der Waals surface area contributed by atoms with Crippen molar-refractivity contribution < 1.29 is 14.6 Å². The maximum atomic E-state index is 10.0. The summed E-state index contributed by atoms with van der Waals surface area (Å²) in [6, 6.07) is 0. The first-order valence-corrected chi connectivity index (χ1v) is 10.9. The lowest BCUT2D eigenvalue weighted by Crippen LogP contribution is -2.41. The molecule has 3 aliphatic rings. The topological polar surface area (TPSA) is 38.7 Å². The van der Waals surface area contributed by atoms with Crippen molar-refractivity contribution in [1.82, 2.24) is 0 Å². The van der Waals surface area contributed by atoms with Crippen LogP contribution in [0.5, 0.6) is 0 Å². The fourth-order valence-corrected chi connectivity index (χ4v) is 5.12. The van der Waals surface area contributed by atoms with Crippen molar-refractivity contribution in [1.29, 1.82) is 0 Å². The molecule has 152 valence electrons. The standard InChI is InChI=1S/C24H38O3/c1-15(2)14-26-23-11-16(3)10-19-7-6-17(4)22(24(19)23)9-8-21-13-20(25)12-18(5)27-21/h6-7,10,15-17,20-25H,5,8-9,11-14H2,1-4H3/t16-,17?,20?,21?,22?,23-,24?/m0/s1. The quantitative estimate of drug-likeness (QED) is 0.689. The van der Waals surface area contributed by atoms with Crippen LogP contribution >= 0.6 is 0 Å². The molecule has 0 saturated carbocycles. The van der Waals surface area contributed by atoms with Crippen LogP contribution in [-0.2, 0) is 9.47 Å². The Morgan fingerprint density at radius 3 is 2.74 bits per heavy atom. The molecule has 3 nitrogen and oxygen atoms in total. The lowest BCUT2D eigenvalue weighted by molar-refractivity contribution is -0.0364. The summed E-state index contributed by atoms with van der Waals surface area (Å²) in [5.41, 5.74) is 1.47. The molecule has 1 saturated heterocycles. The van der Waals surface area contributed by atoms with Gasteiger partial charge in [0.1, 0.15) is 6.10 Å². The Hall–Kier alpha value is -1.06. The summed E-state index contributed by atoms with van der Waals surface area (Å²) < 4.78 is 12.4. The monoisotopic (exact) mass is 374 g/mol. The molecule has 0 aromatic heterocycles. The van der Waals surface area contributed by atoms with E-state index < -0.39 is 0 Å². The summed E-state index contributed by atoms with van der Waals surface area (Å²) in [5.74, 6) is 3.47. The minimum Gasteiger partial charge on any atom is -0.495 e. The van der Waals surface area contributed by atoms with Gasteiger partial charge in [0.15, 0.2) is 0 Å². The highest BCUT2D eigenvalue weighted by molar-refractivity contribution is 5.31. The molecule has 7 atom stereocenters. The van der Waals surface area contributed by atoms with Crippen molar-refractivity contribution in [2.45, 2.75) is 78.1 Å². The molecule has 1 N–H and O–H groups in total. The van der Waals surface area contributed by atoms with Gasteiger partial charge < -0.3 is 14.6 Å². The molecule has 3 heteroatoms. The molecule has 0 radical (unpaired) electrons. The van der Waals surface area contributed by atoms with Gasteiger partial charge in [-0.05, 0) is 48.5 Å². The minimum atomic E-state index is -0.298. The van der Waals surface area contributed by atoms with E-state index in [9.17, 15) is 5.11 Å². The van der Waals surface area contributed by atoms with Crippen LogP contribution in [0.4, 0.5) is 0 Å². The van der Waals surface area contributed by atoms with E-state index in [0.29, 0.717) is 42.1 Å². The molecule has 3 rings (SSSR count). The normalized spacial score (nSPS) is 39.1. The van der Waals surface area contributed by atoms with Gasteiger partial charge in [-0.15, -0.1) is 0 Å². The summed E-state index contributed by atoms with van der Waals surface area (Å²) in [5, 5.41) is 10.0. The van der Waals surface area contributed by atoms with E-state index in [-0.39, 0.29) is 12.2 Å². The Balaban J connectivity index is 1.71. The zero-order valence-electron chi connectivity index (χ0n) is 17.6. The number of hydrogen-bond acceptors (Lipinski definition) is 3. The number of hydrogen-bond donors (Lipinski definition) is 1. The summed E-state index contributed by atoms with van der Waals surface area (Å²) >= 11 is 0. The van der Waals surface area contributed by atoms with Gasteiger partial charge in [-0.3, -0.25) is 0 Å². The van der Waals surface area contributed by atoms with Gasteiger partial charge in [0.05, 0.1) is 18.0 Å². The second-order valence-electron chi connectivity index (χ2n) is 9.50. The summed E-state index contributed by atoms with van der Waals surface area (Å²) in [6.45, 7) is 13.9. The number of allylic oxidation sites excluding steroid dienone is 3. The van der Waals surface area contributed by atoms with Crippen LogP contribution in [0.3, 0.4) is 0 Å². The second-order valence-corrected chi connectivity index (χ2v) is 9.50. The fourth-order valence-electron chi connectivity index (χ4n) is 5.12. The molecule has 0 bridgehead atoms. The summed E-state index contributed by atoms with van der Waals surface area (Å²) in [6.07, 6.45) is 11.8. The predicted molar refractivity (Wildman–Crippen MR) is 110 cm³/mol. The number of rotatable bonds is 6. The van der Waals surface area contributed by atoms with Crippen LogP contribution in [0.1, 0.15) is 59.8 Å². The van der Waals surface area contributed by atoms with Crippen LogP contribution in [0, 0.1) is 29.6 Å². The van der Waals surface area contributed by atoms with Crippen LogP contribution < -0.4 is 0 Å². The van der Waals surface area contributed by atoms with Gasteiger partial charge in [0, 0.05) is 25.4 Å². The van der Waals surface area contributed by atoms with Crippen molar-refractivity contribution in [3.05, 3.63) is 36.1 Å². The largest absolute Gasteiger partial charge is 0.495 e. The van der Waals surface area contributed by atoms with Crippen molar-refractivity contribution in [3.63, 3.8) is 0 Å². The minimum absolute atomic E-state index is 0.101. The highest BCUT2D eigenvalue weighted by Gasteiger charge is 2.40. The Morgan fingerprint density at radius 2 is 2.04 bits per heavy atom. The SMILES string of the molecule is C=C1CC(O)CC(CCC2C(C)C=CC3=C[C@H](C)C[C@H](OCC(C)C)C32)O1. The Kier molecular flexibility index (Phi) is 6.86. The number of aliphatic hydroxyl groups excluding tert-OH is 1. The van der Waals surface area contributed by atoms with Crippen molar-refractivity contribution >= 4 is 0 Å². The Bertz CT molecular complexity index is 576. The van der Waals surface area contributed by atoms with Crippen molar-refractivity contribution in [3.8, 4) is 0 Å². The summed E-state index contributed by atoms with van der Waals surface area (Å²) in [4.78, 5) is 0. The first-order chi connectivity index (χ1) is 12.8. The molecule has 0 spiro atoms. The van der Waals surface area contributed by atoms with Gasteiger partial charge in [-0.2, -0.15) is 0 Å². The van der Waals surface area contributed by atoms with Crippen LogP contribution in [-0.4, -0.2) is 30.0 Å². The van der Waals surface area contributed by atoms with E-state index in [2.05, 4.69) is 52.5 Å². The molecule has 1 fully saturated rings. The Morgan fingerprint density at radius 1 is 1.26 bits per heavy atom. The van der Waals surface area contributed by atoms with E-state index in [1.165, 1.54) is 5.57 Å². The molecule has 0 aromatic carbocycles. The molecular formula is C24H38O3. The van der Waals surface area contributed by atoms with Gasteiger partial charge >= 0.3 is 0 Å². The Labute approximate surface area is 165 Å². The number of aliphatic hydroxyl groups is 1. The number of fused-ring (bicyclic) bond motifs is 1. The van der Waals surface area contributed by atoms with E-state index in [1.807, 2.05) is 0 Å². The zero-order valence-corrected chi connectivity index (χ0v) is 17.6. The molecule has 1 heterocycles. The van der Waals surface area contributed by atoms with E-state index in [1.54, 1.807) is 0 Å². The van der Waals surface area contributed by atoms with Gasteiger partial charge in [0.25, 0.3) is 0 Å². The third-order valence-corrected chi connectivity index (χ3v) is 6.39. The first kappa shape index (κ1) is 20.7. The highest BCUT2D eigenvalue weighted by atomic mass is 16.5. The molecule has 1 aliphatic heterocycles. The molecule has 5 unspecified atom stereocenters. The van der Waals surface area contributed by atoms with Crippen LogP contribution in [0.15, 0.2) is 36.1 Å². The van der Waals surface area contributed by atoms with Gasteiger partial charge in [-0.25, -0.2) is 0 Å². The van der Waals surface area contributed by atoms with E-state index >= 15 is 0 Å². The average Bonchev–Trinajstić information content (AvgIpc) is 2.58. The molecule has 0 amide bonds. The third-order valence-electron chi connectivity index (χ3n) is 6.39. The number of ether oxygens (including phenoxy) is 2. The van der Waals surface area contributed by atoms with Gasteiger partial charge in [-0.1, -0.05) is 52.5 Å². The maximum absolute atomic E-state index is 10.0. The van der Waals surface area contributed by atoms with Crippen LogP contribution in [0.25, 0.3) is 0 Å². The second kappa shape index (κ2) is 8.96. The highest BCUT2D eigenvalue weighted by Crippen LogP contribution is 2.45. The zero-order chi connectivity index (χ0) is 19.6. The predicted octanol–water partition coefficient (Wildman–Crippen LogP) is 5.27. The fraction of sp³-hybridized carbons (Fsp3) is 0.750. The molecule has 27 heavy (non-hydrogen) atoms. The van der Waals surface area contributed by atoms with Crippen molar-refractivity contribution in [2.75, 3.05) is 6.61 Å². The summed E-state index contributed by atoms with van der Waals surface area (Å²) in [7, 11) is 0. The first-order valence-electron chi connectivity index (χ1n) is 10.9. The van der Waals surface area contributed by atoms with Crippen molar-refractivity contribution in [2.24, 2.45) is 29.6 Å². The van der Waals surface area contributed by atoms with E-state index in [4.69, 9.17) is 9.47 Å². The molecule has 2 aliphatic carbocycles. The average molecular weight is 375 g/mol. The van der Waals surface area contributed by atoms with Gasteiger partial charge in [0.2, 0.25) is 0 Å².